The maximum Gasteiger partial charge on any atom is 0.142 e. The molecule has 22 heavy (non-hydrogen) atoms. The first-order valence-electron chi connectivity index (χ1n) is 7.50. The number of aromatic nitrogens is 2. The standard InChI is InChI=1S/C18H18Cl2N2/c1-3-12(2)11-22-17-7-5-4-6-16(17)21-18(22)14-9-8-13(19)10-15(14)20/h4-10,12H,3,11H2,1-2H3. The van der Waals surface area contributed by atoms with Gasteiger partial charge in [0.1, 0.15) is 5.82 Å². The van der Waals surface area contributed by atoms with Crippen LogP contribution >= 0.6 is 23.2 Å². The van der Waals surface area contributed by atoms with Gasteiger partial charge in [-0.3, -0.25) is 0 Å². The summed E-state index contributed by atoms with van der Waals surface area (Å²) in [5.74, 6) is 1.48. The summed E-state index contributed by atoms with van der Waals surface area (Å²) < 4.78 is 2.26. The fourth-order valence-corrected chi connectivity index (χ4v) is 3.07. The Morgan fingerprint density at radius 2 is 1.91 bits per heavy atom. The minimum Gasteiger partial charge on any atom is -0.324 e. The maximum atomic E-state index is 6.40. The third-order valence-corrected chi connectivity index (χ3v) is 4.57. The van der Waals surface area contributed by atoms with E-state index in [4.69, 9.17) is 28.2 Å². The second-order valence-electron chi connectivity index (χ2n) is 5.67. The Kier molecular flexibility index (Phi) is 4.42. The zero-order valence-corrected chi connectivity index (χ0v) is 14.2. The van der Waals surface area contributed by atoms with Crippen molar-refractivity contribution in [1.29, 1.82) is 0 Å². The first-order valence-corrected chi connectivity index (χ1v) is 8.26. The van der Waals surface area contributed by atoms with Gasteiger partial charge in [-0.1, -0.05) is 55.6 Å². The Balaban J connectivity index is 2.21. The topological polar surface area (TPSA) is 17.8 Å². The van der Waals surface area contributed by atoms with E-state index in [0.717, 1.165) is 35.4 Å². The number of imidazole rings is 1. The second kappa shape index (κ2) is 6.31. The first kappa shape index (κ1) is 15.4. The lowest BCUT2D eigenvalue weighted by Gasteiger charge is -2.14. The molecular weight excluding hydrogens is 315 g/mol. The van der Waals surface area contributed by atoms with Gasteiger partial charge in [0.2, 0.25) is 0 Å². The molecule has 4 heteroatoms. The monoisotopic (exact) mass is 332 g/mol. The molecule has 1 atom stereocenters. The Morgan fingerprint density at radius 3 is 2.64 bits per heavy atom. The lowest BCUT2D eigenvalue weighted by atomic mass is 10.1. The van der Waals surface area contributed by atoms with E-state index in [-0.39, 0.29) is 0 Å². The van der Waals surface area contributed by atoms with Gasteiger partial charge in [-0.2, -0.15) is 0 Å². The van der Waals surface area contributed by atoms with E-state index < -0.39 is 0 Å². The van der Waals surface area contributed by atoms with Crippen molar-refractivity contribution < 1.29 is 0 Å². The largest absolute Gasteiger partial charge is 0.324 e. The summed E-state index contributed by atoms with van der Waals surface area (Å²) in [5, 5.41) is 1.27. The minimum atomic E-state index is 0.572. The van der Waals surface area contributed by atoms with Gasteiger partial charge in [-0.25, -0.2) is 4.98 Å². The number of hydrogen-bond acceptors (Lipinski definition) is 1. The van der Waals surface area contributed by atoms with Crippen LogP contribution in [-0.4, -0.2) is 9.55 Å². The molecule has 114 valence electrons. The van der Waals surface area contributed by atoms with E-state index in [9.17, 15) is 0 Å². The average molecular weight is 333 g/mol. The van der Waals surface area contributed by atoms with Crippen molar-refractivity contribution in [2.45, 2.75) is 26.8 Å². The molecule has 1 unspecified atom stereocenters. The molecule has 0 saturated carbocycles. The lowest BCUT2D eigenvalue weighted by Crippen LogP contribution is -2.08. The number of para-hydroxylation sites is 2. The number of fused-ring (bicyclic) bond motifs is 1. The highest BCUT2D eigenvalue weighted by molar-refractivity contribution is 6.36. The molecule has 0 aliphatic carbocycles. The molecule has 1 aromatic heterocycles. The minimum absolute atomic E-state index is 0.572. The van der Waals surface area contributed by atoms with E-state index in [2.05, 4.69) is 24.5 Å². The summed E-state index contributed by atoms with van der Waals surface area (Å²) in [6.07, 6.45) is 1.13. The first-order chi connectivity index (χ1) is 10.6. The van der Waals surface area contributed by atoms with Crippen LogP contribution in [0, 0.1) is 5.92 Å². The summed E-state index contributed by atoms with van der Waals surface area (Å²) in [4.78, 5) is 4.80. The number of benzene rings is 2. The van der Waals surface area contributed by atoms with Gasteiger partial charge in [-0.05, 0) is 36.2 Å². The highest BCUT2D eigenvalue weighted by Crippen LogP contribution is 2.32. The van der Waals surface area contributed by atoms with Gasteiger partial charge in [-0.15, -0.1) is 0 Å². The van der Waals surface area contributed by atoms with Crippen molar-refractivity contribution in [3.8, 4) is 11.4 Å². The molecule has 0 saturated heterocycles. The number of nitrogens with zero attached hydrogens (tertiary/aromatic N) is 2. The maximum absolute atomic E-state index is 6.40. The molecule has 0 radical (unpaired) electrons. The summed E-state index contributed by atoms with van der Waals surface area (Å²) in [6, 6.07) is 13.8. The molecule has 3 rings (SSSR count). The third-order valence-electron chi connectivity index (χ3n) is 4.02. The van der Waals surface area contributed by atoms with E-state index in [1.807, 2.05) is 30.3 Å². The van der Waals surface area contributed by atoms with Crippen LogP contribution in [-0.2, 0) is 6.54 Å². The zero-order valence-electron chi connectivity index (χ0n) is 12.7. The van der Waals surface area contributed by atoms with Crippen LogP contribution in [0.15, 0.2) is 42.5 Å². The Hall–Kier alpha value is -1.51. The van der Waals surface area contributed by atoms with Crippen molar-refractivity contribution in [3.63, 3.8) is 0 Å². The predicted octanol–water partition coefficient (Wildman–Crippen LogP) is 6.06. The fourth-order valence-electron chi connectivity index (χ4n) is 2.58. The number of rotatable bonds is 4. The lowest BCUT2D eigenvalue weighted by molar-refractivity contribution is 0.479. The van der Waals surface area contributed by atoms with Crippen molar-refractivity contribution >= 4 is 34.2 Å². The van der Waals surface area contributed by atoms with E-state index in [1.54, 1.807) is 6.07 Å². The molecular formula is C18H18Cl2N2. The number of hydrogen-bond donors (Lipinski definition) is 0. The SMILES string of the molecule is CCC(C)Cn1c(-c2ccc(Cl)cc2Cl)nc2ccccc21. The molecule has 0 amide bonds. The Morgan fingerprint density at radius 1 is 1.14 bits per heavy atom. The van der Waals surface area contributed by atoms with Crippen molar-refractivity contribution in [2.75, 3.05) is 0 Å². The molecule has 0 spiro atoms. The molecule has 3 aromatic rings. The van der Waals surface area contributed by atoms with Crippen LogP contribution in [0.5, 0.6) is 0 Å². The van der Waals surface area contributed by atoms with Gasteiger partial charge < -0.3 is 4.57 Å². The van der Waals surface area contributed by atoms with Gasteiger partial charge in [0.05, 0.1) is 16.1 Å². The highest BCUT2D eigenvalue weighted by Gasteiger charge is 2.16. The molecule has 1 heterocycles. The molecule has 2 nitrogen and oxygen atoms in total. The Labute approximate surface area is 140 Å². The summed E-state index contributed by atoms with van der Waals surface area (Å²) in [6.45, 7) is 5.38. The Bertz CT molecular complexity index is 808. The zero-order chi connectivity index (χ0) is 15.7. The second-order valence-corrected chi connectivity index (χ2v) is 6.52. The van der Waals surface area contributed by atoms with Crippen LogP contribution in [0.2, 0.25) is 10.0 Å². The van der Waals surface area contributed by atoms with Crippen LogP contribution in [0.3, 0.4) is 0 Å². The summed E-state index contributed by atoms with van der Waals surface area (Å²) >= 11 is 12.4. The molecule has 0 aliphatic heterocycles. The molecule has 0 N–H and O–H groups in total. The van der Waals surface area contributed by atoms with E-state index in [0.29, 0.717) is 16.0 Å². The predicted molar refractivity (Wildman–Crippen MR) is 94.6 cm³/mol. The summed E-state index contributed by atoms with van der Waals surface area (Å²) in [5.41, 5.74) is 3.06. The van der Waals surface area contributed by atoms with Gasteiger partial charge in [0.25, 0.3) is 0 Å². The van der Waals surface area contributed by atoms with Gasteiger partial charge >= 0.3 is 0 Å². The van der Waals surface area contributed by atoms with Gasteiger partial charge in [0.15, 0.2) is 0 Å². The van der Waals surface area contributed by atoms with E-state index >= 15 is 0 Å². The molecule has 0 bridgehead atoms. The van der Waals surface area contributed by atoms with Crippen molar-refractivity contribution in [3.05, 3.63) is 52.5 Å². The smallest absolute Gasteiger partial charge is 0.142 e. The normalized spacial score (nSPS) is 12.7. The summed E-state index contributed by atoms with van der Waals surface area (Å²) in [7, 11) is 0. The van der Waals surface area contributed by atoms with Crippen LogP contribution in [0.4, 0.5) is 0 Å². The third kappa shape index (κ3) is 2.86. The van der Waals surface area contributed by atoms with Crippen LogP contribution < -0.4 is 0 Å². The highest BCUT2D eigenvalue weighted by atomic mass is 35.5. The molecule has 2 aromatic carbocycles. The molecule has 0 aliphatic rings. The molecule has 0 fully saturated rings. The van der Waals surface area contributed by atoms with Gasteiger partial charge in [0, 0.05) is 17.1 Å². The van der Waals surface area contributed by atoms with Crippen molar-refractivity contribution in [1.82, 2.24) is 9.55 Å². The fraction of sp³-hybridized carbons (Fsp3) is 0.278. The van der Waals surface area contributed by atoms with Crippen LogP contribution in [0.1, 0.15) is 20.3 Å². The van der Waals surface area contributed by atoms with Crippen LogP contribution in [0.25, 0.3) is 22.4 Å². The van der Waals surface area contributed by atoms with E-state index in [1.165, 1.54) is 0 Å². The van der Waals surface area contributed by atoms with Crippen molar-refractivity contribution in [2.24, 2.45) is 5.92 Å². The number of halogens is 2. The average Bonchev–Trinajstić information content (AvgIpc) is 2.86. The quantitative estimate of drug-likeness (QED) is 0.568.